The molecule has 0 aliphatic heterocycles. The van der Waals surface area contributed by atoms with Gasteiger partial charge in [-0.15, -0.1) is 0 Å². The predicted molar refractivity (Wildman–Crippen MR) is 122 cm³/mol. The number of amides is 1. The van der Waals surface area contributed by atoms with Crippen molar-refractivity contribution in [3.05, 3.63) is 11.6 Å². The van der Waals surface area contributed by atoms with Crippen molar-refractivity contribution in [3.63, 3.8) is 0 Å². The van der Waals surface area contributed by atoms with Crippen molar-refractivity contribution in [2.45, 2.75) is 90.6 Å². The quantitative estimate of drug-likeness (QED) is 0.422. The zero-order valence-electron chi connectivity index (χ0n) is 21.1. The number of fused-ring (bicyclic) bond motifs is 5. The van der Waals surface area contributed by atoms with Crippen LogP contribution in [0, 0.1) is 34.0 Å². The number of carbonyl (C=O) groups excluding carboxylic acids is 4. The molecular formula is C26H38N2O7Pt. The molecule has 10 heteroatoms. The van der Waals surface area contributed by atoms with Crippen molar-refractivity contribution in [1.29, 1.82) is 0 Å². The average Bonchev–Trinajstić information content (AvgIpc) is 3.03. The molecule has 0 heterocycles. The predicted octanol–water partition coefficient (Wildman–Crippen LogP) is 1.80. The monoisotopic (exact) mass is 685 g/mol. The minimum atomic E-state index is -1.67. The molecule has 9 nitrogen and oxygen atoms in total. The molecule has 0 radical (unpaired) electrons. The second-order valence-corrected chi connectivity index (χ2v) is 11.5. The summed E-state index contributed by atoms with van der Waals surface area (Å²) >= 11 is 0. The van der Waals surface area contributed by atoms with Gasteiger partial charge in [-0.3, -0.25) is 4.79 Å². The summed E-state index contributed by atoms with van der Waals surface area (Å²) in [7, 11) is 0. The summed E-state index contributed by atoms with van der Waals surface area (Å²) in [5.74, 6) is -0.719. The fourth-order valence-corrected chi connectivity index (χ4v) is 7.87. The van der Waals surface area contributed by atoms with E-state index < -0.39 is 23.4 Å². The number of allylic oxidation sites excluding steroid dienone is 1. The number of ether oxygens (including phenoxy) is 1. The first-order chi connectivity index (χ1) is 15.9. The topological polar surface area (TPSA) is 185 Å². The Bertz CT molecular complexity index is 917. The van der Waals surface area contributed by atoms with Gasteiger partial charge >= 0.3 is 27.2 Å². The second kappa shape index (κ2) is 10.9. The van der Waals surface area contributed by atoms with Crippen LogP contribution >= 0.6 is 0 Å². The third-order valence-electron chi connectivity index (χ3n) is 10.1. The molecule has 0 aromatic rings. The third-order valence-corrected chi connectivity index (χ3v) is 10.1. The van der Waals surface area contributed by atoms with Gasteiger partial charge < -0.3 is 36.4 Å². The molecule has 36 heavy (non-hydrogen) atoms. The molecule has 5 aliphatic carbocycles. The third kappa shape index (κ3) is 4.90. The minimum absolute atomic E-state index is 0. The number of hydrogen-bond acceptors (Lipinski definition) is 8. The van der Waals surface area contributed by atoms with Crippen LogP contribution < -0.4 is 22.1 Å². The van der Waals surface area contributed by atoms with Gasteiger partial charge in [0.25, 0.3) is 0 Å². The Kier molecular flexibility index (Phi) is 9.27. The van der Waals surface area contributed by atoms with Gasteiger partial charge in [-0.2, -0.15) is 0 Å². The number of carboxylic acids is 2. The number of carbonyl (C=O) groups is 4. The Hall–Kier alpha value is -1.73. The first-order valence-electron chi connectivity index (χ1n) is 12.6. The molecular weight excluding hydrogens is 647 g/mol. The fourth-order valence-electron chi connectivity index (χ4n) is 7.87. The Labute approximate surface area is 226 Å². The van der Waals surface area contributed by atoms with Gasteiger partial charge in [0.15, 0.2) is 5.78 Å². The van der Waals surface area contributed by atoms with Crippen LogP contribution in [-0.4, -0.2) is 29.9 Å². The zero-order valence-corrected chi connectivity index (χ0v) is 23.4. The summed E-state index contributed by atoms with van der Waals surface area (Å²) in [6.07, 6.45) is 10.6. The van der Waals surface area contributed by atoms with Crippen molar-refractivity contribution < 1.29 is 55.2 Å². The van der Waals surface area contributed by atoms with Crippen molar-refractivity contribution in [2.24, 2.45) is 39.7 Å². The van der Waals surface area contributed by atoms with Crippen LogP contribution in [0.25, 0.3) is 0 Å². The number of rotatable bonds is 3. The molecule has 6 atom stereocenters. The van der Waals surface area contributed by atoms with E-state index in [1.54, 1.807) is 0 Å². The number of hydrogen-bond donors (Lipinski definition) is 2. The van der Waals surface area contributed by atoms with Gasteiger partial charge in [0.1, 0.15) is 6.10 Å². The molecule has 5 N–H and O–H groups in total. The van der Waals surface area contributed by atoms with Crippen LogP contribution in [0.5, 0.6) is 0 Å². The fraction of sp³-hybridized carbons (Fsp3) is 0.769. The van der Waals surface area contributed by atoms with E-state index in [4.69, 9.17) is 10.5 Å². The number of carboxylic acid groups (broad SMARTS) is 2. The molecule has 5 aliphatic rings. The van der Waals surface area contributed by atoms with Crippen LogP contribution in [0.4, 0.5) is 4.79 Å². The molecule has 204 valence electrons. The maximum absolute atomic E-state index is 11.9. The molecule has 0 spiro atoms. The summed E-state index contributed by atoms with van der Waals surface area (Å²) in [5.41, 5.74) is 5.34. The first-order valence-corrected chi connectivity index (χ1v) is 12.6. The van der Waals surface area contributed by atoms with E-state index in [9.17, 15) is 29.4 Å². The molecule has 5 rings (SSSR count). The maximum atomic E-state index is 11.9. The molecule has 4 fully saturated rings. The first kappa shape index (κ1) is 30.5. The summed E-state index contributed by atoms with van der Waals surface area (Å²) in [6, 6.07) is 0. The van der Waals surface area contributed by atoms with Crippen LogP contribution in [0.3, 0.4) is 0 Å². The van der Waals surface area contributed by atoms with Gasteiger partial charge in [0.05, 0.1) is 11.9 Å². The van der Waals surface area contributed by atoms with E-state index in [2.05, 4.69) is 13.8 Å². The molecule has 0 aromatic carbocycles. The standard InChI is InChI=1S/C20H29NO3.C6H8O4.H3N.Pt/c1-19-9-7-13(22)11-12(19)3-4-14-15-5-6-17(24-18(21)23)20(15,2)10-8-16(14)19;7-4(8)6(5(9)10)2-1-3-6;;/h11,14-17H,3-10H2,1-2H3,(H2,21,23);1-3H2,(H,7,8)(H,9,10);1H3;/q;;;+2/p-2/t14-,15-,16-,17-,19-,20-;;;/m0.../s1. The van der Waals surface area contributed by atoms with Crippen molar-refractivity contribution in [1.82, 2.24) is 6.15 Å². The Morgan fingerprint density at radius 2 is 1.58 bits per heavy atom. The summed E-state index contributed by atoms with van der Waals surface area (Å²) in [6.45, 7) is 4.71. The molecule has 0 saturated heterocycles. The van der Waals surface area contributed by atoms with E-state index in [-0.39, 0.29) is 57.0 Å². The van der Waals surface area contributed by atoms with Gasteiger partial charge in [0, 0.05) is 17.3 Å². The van der Waals surface area contributed by atoms with E-state index in [0.29, 0.717) is 36.4 Å². The van der Waals surface area contributed by atoms with Gasteiger partial charge in [-0.1, -0.05) is 25.8 Å². The largest absolute Gasteiger partial charge is 2.00 e. The van der Waals surface area contributed by atoms with Crippen LogP contribution in [0.1, 0.15) is 84.5 Å². The number of ketones is 1. The summed E-state index contributed by atoms with van der Waals surface area (Å²) in [5, 5.41) is 20.4. The second-order valence-electron chi connectivity index (χ2n) is 11.5. The molecule has 0 aromatic heterocycles. The maximum Gasteiger partial charge on any atom is 2.00 e. The molecule has 0 unspecified atom stereocenters. The van der Waals surface area contributed by atoms with Gasteiger partial charge in [-0.25, -0.2) is 4.79 Å². The Morgan fingerprint density at radius 3 is 2.08 bits per heavy atom. The number of nitrogens with two attached hydrogens (primary N) is 1. The van der Waals surface area contributed by atoms with E-state index in [1.807, 2.05) is 6.08 Å². The smallest absolute Gasteiger partial charge is 0.549 e. The van der Waals surface area contributed by atoms with Crippen LogP contribution in [0.2, 0.25) is 0 Å². The molecule has 1 amide bonds. The van der Waals surface area contributed by atoms with E-state index in [1.165, 1.54) is 18.4 Å². The summed E-state index contributed by atoms with van der Waals surface area (Å²) in [4.78, 5) is 43.6. The normalized spacial score (nSPS) is 37.4. The van der Waals surface area contributed by atoms with E-state index >= 15 is 0 Å². The van der Waals surface area contributed by atoms with Gasteiger partial charge in [0.2, 0.25) is 0 Å². The average molecular weight is 686 g/mol. The zero-order chi connectivity index (χ0) is 24.9. The van der Waals surface area contributed by atoms with Crippen molar-refractivity contribution in [3.8, 4) is 0 Å². The number of primary amides is 1. The number of aliphatic carboxylic acids is 2. The SMILES string of the molecule is C[C@]12CC[C@H]3[C@@H](CCC4=CC(=O)CC[C@@]43C)[C@@H]1CC[C@@H]2OC(N)=O.N.O=C([O-])C1(C(=O)[O-])CCC1.[Pt+2]. The Balaban J connectivity index is 0.000000325. The van der Waals surface area contributed by atoms with Crippen molar-refractivity contribution >= 4 is 23.8 Å². The van der Waals surface area contributed by atoms with Crippen LogP contribution in [-0.2, 0) is 40.2 Å². The van der Waals surface area contributed by atoms with Gasteiger partial charge in [-0.05, 0) is 87.0 Å². The van der Waals surface area contributed by atoms with Crippen LogP contribution in [0.15, 0.2) is 11.6 Å². The molecule has 0 bridgehead atoms. The molecule has 4 saturated carbocycles. The minimum Gasteiger partial charge on any atom is -0.549 e. The van der Waals surface area contributed by atoms with E-state index in [0.717, 1.165) is 32.1 Å². The van der Waals surface area contributed by atoms with Crippen molar-refractivity contribution in [2.75, 3.05) is 0 Å². The summed E-state index contributed by atoms with van der Waals surface area (Å²) < 4.78 is 5.49. The Morgan fingerprint density at radius 1 is 0.944 bits per heavy atom.